The molecular weight excluding hydrogens is 226 g/mol. The molecule has 0 unspecified atom stereocenters. The molecule has 0 aromatic carbocycles. The van der Waals surface area contributed by atoms with Gasteiger partial charge in [0.1, 0.15) is 0 Å². The Labute approximate surface area is 106 Å². The zero-order chi connectivity index (χ0) is 12.5. The Bertz CT molecular complexity index is 575. The highest BCUT2D eigenvalue weighted by atomic mass is 16.2. The maximum Gasteiger partial charge on any atom is 0.256 e. The highest BCUT2D eigenvalue weighted by Gasteiger charge is 2.23. The number of rotatable bonds is 1. The lowest BCUT2D eigenvalue weighted by Gasteiger charge is -2.31. The molecule has 1 aliphatic rings. The van der Waals surface area contributed by atoms with E-state index < -0.39 is 0 Å². The zero-order valence-electron chi connectivity index (χ0n) is 10.5. The van der Waals surface area contributed by atoms with Crippen LogP contribution in [-0.2, 0) is 0 Å². The number of hydrogen-bond acceptors (Lipinski definition) is 2. The lowest BCUT2D eigenvalue weighted by Crippen LogP contribution is -2.39. The molecule has 2 aromatic heterocycles. The van der Waals surface area contributed by atoms with Crippen LogP contribution in [0.15, 0.2) is 30.9 Å². The van der Waals surface area contributed by atoms with Gasteiger partial charge >= 0.3 is 0 Å². The molecule has 1 fully saturated rings. The number of aromatic nitrogens is 2. The molecule has 2 aromatic rings. The van der Waals surface area contributed by atoms with Gasteiger partial charge in [0, 0.05) is 19.3 Å². The summed E-state index contributed by atoms with van der Waals surface area (Å²) in [4.78, 5) is 18.6. The molecule has 3 heterocycles. The largest absolute Gasteiger partial charge is 0.338 e. The third-order valence-corrected chi connectivity index (χ3v) is 3.63. The van der Waals surface area contributed by atoms with E-state index in [0.29, 0.717) is 5.92 Å². The number of pyridine rings is 1. The molecule has 0 aliphatic carbocycles. The molecule has 0 saturated carbocycles. The number of imidazole rings is 1. The minimum Gasteiger partial charge on any atom is -0.338 e. The van der Waals surface area contributed by atoms with Crippen molar-refractivity contribution < 1.29 is 4.79 Å². The fourth-order valence-electron chi connectivity index (χ4n) is 2.67. The van der Waals surface area contributed by atoms with E-state index in [-0.39, 0.29) is 5.91 Å². The Kier molecular flexibility index (Phi) is 2.78. The fourth-order valence-corrected chi connectivity index (χ4v) is 2.67. The van der Waals surface area contributed by atoms with Crippen molar-refractivity contribution >= 4 is 11.4 Å². The molecule has 1 aliphatic heterocycles. The number of likely N-dealkylation sites (tertiary alicyclic amines) is 1. The molecule has 0 bridgehead atoms. The van der Waals surface area contributed by atoms with E-state index in [1.807, 2.05) is 27.6 Å². The molecule has 0 spiro atoms. The maximum absolute atomic E-state index is 12.5. The number of carbonyl (C=O) groups is 1. The van der Waals surface area contributed by atoms with Gasteiger partial charge in [-0.2, -0.15) is 0 Å². The normalized spacial score (nSPS) is 20.3. The SMILES string of the molecule is C[C@H]1CCCN(C(=O)c2cccn3cncc23)C1. The van der Waals surface area contributed by atoms with Crippen molar-refractivity contribution in [2.24, 2.45) is 5.92 Å². The summed E-state index contributed by atoms with van der Waals surface area (Å²) in [7, 11) is 0. The highest BCUT2D eigenvalue weighted by Crippen LogP contribution is 2.19. The van der Waals surface area contributed by atoms with Crippen LogP contribution in [-0.4, -0.2) is 33.3 Å². The molecule has 94 valence electrons. The van der Waals surface area contributed by atoms with Crippen molar-refractivity contribution in [2.75, 3.05) is 13.1 Å². The van der Waals surface area contributed by atoms with Crippen LogP contribution >= 0.6 is 0 Å². The Balaban J connectivity index is 1.94. The minimum absolute atomic E-state index is 0.132. The number of amides is 1. The summed E-state index contributed by atoms with van der Waals surface area (Å²) in [6.07, 6.45) is 7.72. The number of carbonyl (C=O) groups excluding carboxylic acids is 1. The Morgan fingerprint density at radius 2 is 2.39 bits per heavy atom. The van der Waals surface area contributed by atoms with Crippen molar-refractivity contribution in [2.45, 2.75) is 19.8 Å². The van der Waals surface area contributed by atoms with Gasteiger partial charge in [0.05, 0.1) is 23.6 Å². The van der Waals surface area contributed by atoms with Gasteiger partial charge in [-0.25, -0.2) is 4.98 Å². The second-order valence-electron chi connectivity index (χ2n) is 5.11. The van der Waals surface area contributed by atoms with Gasteiger partial charge in [-0.15, -0.1) is 0 Å². The average molecular weight is 243 g/mol. The van der Waals surface area contributed by atoms with Gasteiger partial charge in [-0.3, -0.25) is 4.79 Å². The summed E-state index contributed by atoms with van der Waals surface area (Å²) in [6, 6.07) is 3.79. The van der Waals surface area contributed by atoms with Gasteiger partial charge in [0.25, 0.3) is 5.91 Å². The first-order valence-corrected chi connectivity index (χ1v) is 6.45. The van der Waals surface area contributed by atoms with Gasteiger partial charge in [-0.05, 0) is 30.9 Å². The van der Waals surface area contributed by atoms with Crippen LogP contribution in [0.1, 0.15) is 30.1 Å². The topological polar surface area (TPSA) is 37.6 Å². The van der Waals surface area contributed by atoms with Gasteiger partial charge in [-0.1, -0.05) is 6.92 Å². The lowest BCUT2D eigenvalue weighted by atomic mass is 9.99. The number of piperidine rings is 1. The summed E-state index contributed by atoms with van der Waals surface area (Å²) in [5.41, 5.74) is 1.64. The van der Waals surface area contributed by atoms with E-state index in [2.05, 4.69) is 11.9 Å². The smallest absolute Gasteiger partial charge is 0.256 e. The molecular formula is C14H17N3O. The standard InChI is InChI=1S/C14H17N3O/c1-11-4-2-6-16(9-11)14(18)12-5-3-7-17-10-15-8-13(12)17/h3,5,7-8,10-11H,2,4,6,9H2,1H3/t11-/m0/s1. The summed E-state index contributed by atoms with van der Waals surface area (Å²) >= 11 is 0. The van der Waals surface area contributed by atoms with Crippen molar-refractivity contribution in [3.05, 3.63) is 36.4 Å². The van der Waals surface area contributed by atoms with E-state index in [4.69, 9.17) is 0 Å². The van der Waals surface area contributed by atoms with Crippen LogP contribution in [0.3, 0.4) is 0 Å². The highest BCUT2D eigenvalue weighted by molar-refractivity contribution is 6.00. The quantitative estimate of drug-likeness (QED) is 0.770. The van der Waals surface area contributed by atoms with Gasteiger partial charge < -0.3 is 9.30 Å². The first-order valence-electron chi connectivity index (χ1n) is 6.45. The predicted molar refractivity (Wildman–Crippen MR) is 69.5 cm³/mol. The fraction of sp³-hybridized carbons (Fsp3) is 0.429. The maximum atomic E-state index is 12.5. The molecule has 4 heteroatoms. The summed E-state index contributed by atoms with van der Waals surface area (Å²) in [5, 5.41) is 0. The molecule has 1 atom stereocenters. The zero-order valence-corrected chi connectivity index (χ0v) is 10.5. The third kappa shape index (κ3) is 1.88. The van der Waals surface area contributed by atoms with Crippen LogP contribution in [0, 0.1) is 5.92 Å². The van der Waals surface area contributed by atoms with Crippen LogP contribution in [0.25, 0.3) is 5.52 Å². The van der Waals surface area contributed by atoms with Gasteiger partial charge in [0.2, 0.25) is 0 Å². The Morgan fingerprint density at radius 3 is 3.22 bits per heavy atom. The number of fused-ring (bicyclic) bond motifs is 1. The van der Waals surface area contributed by atoms with Crippen molar-refractivity contribution in [3.8, 4) is 0 Å². The van der Waals surface area contributed by atoms with Crippen molar-refractivity contribution in [1.82, 2.24) is 14.3 Å². The molecule has 0 radical (unpaired) electrons. The number of nitrogens with zero attached hydrogens (tertiary/aromatic N) is 3. The van der Waals surface area contributed by atoms with E-state index in [1.165, 1.54) is 6.42 Å². The Hall–Kier alpha value is -1.84. The Morgan fingerprint density at radius 1 is 1.50 bits per heavy atom. The van der Waals surface area contributed by atoms with Crippen LogP contribution in [0.5, 0.6) is 0 Å². The van der Waals surface area contributed by atoms with Crippen molar-refractivity contribution in [3.63, 3.8) is 0 Å². The van der Waals surface area contributed by atoms with E-state index in [9.17, 15) is 4.79 Å². The van der Waals surface area contributed by atoms with Crippen LogP contribution in [0.2, 0.25) is 0 Å². The number of hydrogen-bond donors (Lipinski definition) is 0. The average Bonchev–Trinajstić information content (AvgIpc) is 2.86. The first kappa shape index (κ1) is 11.3. The van der Waals surface area contributed by atoms with Crippen LogP contribution in [0.4, 0.5) is 0 Å². The van der Waals surface area contributed by atoms with Crippen molar-refractivity contribution in [1.29, 1.82) is 0 Å². The predicted octanol–water partition coefficient (Wildman–Crippen LogP) is 2.21. The van der Waals surface area contributed by atoms with Crippen LogP contribution < -0.4 is 0 Å². The third-order valence-electron chi connectivity index (χ3n) is 3.63. The van der Waals surface area contributed by atoms with E-state index in [1.54, 1.807) is 12.5 Å². The van der Waals surface area contributed by atoms with Gasteiger partial charge in [0.15, 0.2) is 0 Å². The summed E-state index contributed by atoms with van der Waals surface area (Å²) < 4.78 is 1.89. The second kappa shape index (κ2) is 4.44. The monoisotopic (exact) mass is 243 g/mol. The summed E-state index contributed by atoms with van der Waals surface area (Å²) in [6.45, 7) is 3.95. The molecule has 1 amide bonds. The molecule has 1 saturated heterocycles. The first-order chi connectivity index (χ1) is 8.75. The summed E-state index contributed by atoms with van der Waals surface area (Å²) in [5.74, 6) is 0.736. The molecule has 4 nitrogen and oxygen atoms in total. The molecule has 3 rings (SSSR count). The van der Waals surface area contributed by atoms with E-state index in [0.717, 1.165) is 30.6 Å². The molecule has 18 heavy (non-hydrogen) atoms. The minimum atomic E-state index is 0.132. The van der Waals surface area contributed by atoms with E-state index >= 15 is 0 Å². The lowest BCUT2D eigenvalue weighted by molar-refractivity contribution is 0.0684. The second-order valence-corrected chi connectivity index (χ2v) is 5.11. The molecule has 0 N–H and O–H groups in total.